The number of carbonyl (C=O) groups is 2. The fraction of sp³-hybridized carbons (Fsp3) is 0.550. The van der Waals surface area contributed by atoms with Crippen LogP contribution in [0.2, 0.25) is 5.02 Å². The van der Waals surface area contributed by atoms with Gasteiger partial charge in [-0.15, -0.1) is 0 Å². The summed E-state index contributed by atoms with van der Waals surface area (Å²) in [6, 6.07) is 6.57. The van der Waals surface area contributed by atoms with Crippen molar-refractivity contribution in [1.29, 1.82) is 5.26 Å². The van der Waals surface area contributed by atoms with Gasteiger partial charge in [0.05, 0.1) is 16.6 Å². The third kappa shape index (κ3) is 4.60. The average Bonchev–Trinajstić information content (AvgIpc) is 3.22. The van der Waals surface area contributed by atoms with E-state index in [1.807, 2.05) is 17.9 Å². The third-order valence-electron chi connectivity index (χ3n) is 5.58. The number of hydrogen-bond acceptors (Lipinski definition) is 4. The molecule has 144 valence electrons. The molecule has 1 aromatic carbocycles. The molecule has 3 rings (SSSR count). The van der Waals surface area contributed by atoms with Gasteiger partial charge in [0.25, 0.3) is 0 Å². The maximum Gasteiger partial charge on any atom is 0.241 e. The Bertz CT molecular complexity index is 747. The van der Waals surface area contributed by atoms with Crippen LogP contribution in [0, 0.1) is 17.2 Å². The van der Waals surface area contributed by atoms with Crippen LogP contribution in [-0.2, 0) is 9.59 Å². The second kappa shape index (κ2) is 8.73. The van der Waals surface area contributed by atoms with Crippen molar-refractivity contribution in [2.24, 2.45) is 5.92 Å². The number of benzene rings is 1. The molecule has 2 heterocycles. The van der Waals surface area contributed by atoms with Gasteiger partial charge in [0, 0.05) is 24.7 Å². The van der Waals surface area contributed by atoms with Gasteiger partial charge in [-0.05, 0) is 63.9 Å². The number of nitrogens with one attached hydrogen (secondary N) is 1. The molecule has 6 nitrogen and oxygen atoms in total. The average molecular weight is 389 g/mol. The Labute approximate surface area is 165 Å². The number of rotatable bonds is 4. The van der Waals surface area contributed by atoms with Crippen LogP contribution in [0.1, 0.15) is 38.2 Å². The molecule has 1 N–H and O–H groups in total. The quantitative estimate of drug-likeness (QED) is 0.860. The second-order valence-corrected chi connectivity index (χ2v) is 7.72. The first kappa shape index (κ1) is 19.7. The van der Waals surface area contributed by atoms with Crippen LogP contribution in [0.25, 0.3) is 0 Å². The number of likely N-dealkylation sites (tertiary alicyclic amines) is 2. The van der Waals surface area contributed by atoms with E-state index in [1.54, 1.807) is 18.2 Å². The lowest BCUT2D eigenvalue weighted by Crippen LogP contribution is -2.48. The van der Waals surface area contributed by atoms with Gasteiger partial charge in [-0.2, -0.15) is 5.26 Å². The van der Waals surface area contributed by atoms with E-state index in [0.29, 0.717) is 16.3 Å². The van der Waals surface area contributed by atoms with E-state index in [0.717, 1.165) is 51.9 Å². The highest BCUT2D eigenvalue weighted by Crippen LogP contribution is 2.24. The van der Waals surface area contributed by atoms with Crippen molar-refractivity contribution in [3.05, 3.63) is 28.8 Å². The van der Waals surface area contributed by atoms with Crippen LogP contribution in [-0.4, -0.2) is 53.8 Å². The van der Waals surface area contributed by atoms with Crippen molar-refractivity contribution in [1.82, 2.24) is 9.80 Å². The van der Waals surface area contributed by atoms with E-state index < -0.39 is 0 Å². The van der Waals surface area contributed by atoms with Gasteiger partial charge in [-0.1, -0.05) is 11.6 Å². The second-order valence-electron chi connectivity index (χ2n) is 7.31. The molecule has 0 spiro atoms. The topological polar surface area (TPSA) is 76.4 Å². The molecule has 1 aromatic rings. The molecule has 2 fully saturated rings. The van der Waals surface area contributed by atoms with Gasteiger partial charge >= 0.3 is 0 Å². The lowest BCUT2D eigenvalue weighted by Gasteiger charge is -2.36. The number of anilines is 1. The minimum atomic E-state index is -0.290. The van der Waals surface area contributed by atoms with Crippen LogP contribution in [0.4, 0.5) is 5.69 Å². The van der Waals surface area contributed by atoms with Gasteiger partial charge in [0.15, 0.2) is 0 Å². The molecule has 2 aliphatic rings. The molecule has 0 aliphatic carbocycles. The number of amides is 2. The highest BCUT2D eigenvalue weighted by atomic mass is 35.5. The molecule has 0 saturated carbocycles. The van der Waals surface area contributed by atoms with E-state index in [9.17, 15) is 9.59 Å². The molecule has 27 heavy (non-hydrogen) atoms. The molecule has 0 radical (unpaired) electrons. The normalized spacial score (nSPS) is 19.5. The number of halogens is 1. The Morgan fingerprint density at radius 1 is 1.22 bits per heavy atom. The van der Waals surface area contributed by atoms with Crippen molar-refractivity contribution >= 4 is 29.1 Å². The third-order valence-corrected chi connectivity index (χ3v) is 5.89. The summed E-state index contributed by atoms with van der Waals surface area (Å²) in [5, 5.41) is 12.1. The Balaban J connectivity index is 1.51. The Morgan fingerprint density at radius 3 is 2.48 bits per heavy atom. The molecule has 7 heteroatoms. The van der Waals surface area contributed by atoms with Crippen molar-refractivity contribution in [3.63, 3.8) is 0 Å². The lowest BCUT2D eigenvalue weighted by atomic mass is 9.94. The summed E-state index contributed by atoms with van der Waals surface area (Å²) in [6.45, 7) is 5.15. The Morgan fingerprint density at radius 2 is 1.89 bits per heavy atom. The zero-order valence-corrected chi connectivity index (χ0v) is 16.3. The standard InChI is InChI=1S/C20H25ClN4O2/c1-14(19(26)23-17-5-4-16(13-22)18(21)12-17)24-10-6-15(7-11-24)20(27)25-8-2-3-9-25/h4-5,12,14-15H,2-3,6-11H2,1H3,(H,23,26). The lowest BCUT2D eigenvalue weighted by molar-refractivity contribution is -0.136. The van der Waals surface area contributed by atoms with Gasteiger partial charge in [-0.3, -0.25) is 14.5 Å². The highest BCUT2D eigenvalue weighted by molar-refractivity contribution is 6.32. The molecule has 1 unspecified atom stereocenters. The number of carbonyl (C=O) groups excluding carboxylic acids is 2. The summed E-state index contributed by atoms with van der Waals surface area (Å²) in [4.78, 5) is 29.2. The molecular formula is C20H25ClN4O2. The van der Waals surface area contributed by atoms with Gasteiger partial charge < -0.3 is 10.2 Å². The molecule has 0 bridgehead atoms. The summed E-state index contributed by atoms with van der Waals surface area (Å²) >= 11 is 6.02. The monoisotopic (exact) mass is 388 g/mol. The summed E-state index contributed by atoms with van der Waals surface area (Å²) in [7, 11) is 0. The first-order chi connectivity index (χ1) is 13.0. The van der Waals surface area contributed by atoms with Crippen molar-refractivity contribution in [2.75, 3.05) is 31.5 Å². The van der Waals surface area contributed by atoms with E-state index in [4.69, 9.17) is 16.9 Å². The van der Waals surface area contributed by atoms with Crippen molar-refractivity contribution < 1.29 is 9.59 Å². The van der Waals surface area contributed by atoms with Crippen LogP contribution in [0.15, 0.2) is 18.2 Å². The van der Waals surface area contributed by atoms with Crippen LogP contribution in [0.3, 0.4) is 0 Å². The zero-order chi connectivity index (χ0) is 19.4. The van der Waals surface area contributed by atoms with Gasteiger partial charge in [0.1, 0.15) is 6.07 Å². The maximum atomic E-state index is 12.6. The number of piperidine rings is 1. The molecule has 2 aliphatic heterocycles. The van der Waals surface area contributed by atoms with E-state index in [1.165, 1.54) is 0 Å². The SMILES string of the molecule is CC(C(=O)Nc1ccc(C#N)c(Cl)c1)N1CCC(C(=O)N2CCCC2)CC1. The van der Waals surface area contributed by atoms with Crippen LogP contribution >= 0.6 is 11.6 Å². The Kier molecular flexibility index (Phi) is 6.35. The summed E-state index contributed by atoms with van der Waals surface area (Å²) in [6.07, 6.45) is 3.83. The molecule has 2 saturated heterocycles. The smallest absolute Gasteiger partial charge is 0.241 e. The van der Waals surface area contributed by atoms with E-state index >= 15 is 0 Å². The van der Waals surface area contributed by atoms with Crippen molar-refractivity contribution in [2.45, 2.75) is 38.6 Å². The largest absolute Gasteiger partial charge is 0.342 e. The van der Waals surface area contributed by atoms with Crippen LogP contribution < -0.4 is 5.32 Å². The first-order valence-corrected chi connectivity index (χ1v) is 9.90. The molecule has 1 atom stereocenters. The Hall–Kier alpha value is -2.10. The van der Waals surface area contributed by atoms with E-state index in [2.05, 4.69) is 10.2 Å². The zero-order valence-electron chi connectivity index (χ0n) is 15.6. The molecule has 2 amide bonds. The maximum absolute atomic E-state index is 12.6. The van der Waals surface area contributed by atoms with Gasteiger partial charge in [-0.25, -0.2) is 0 Å². The predicted molar refractivity (Wildman–Crippen MR) is 104 cm³/mol. The summed E-state index contributed by atoms with van der Waals surface area (Å²) in [5.74, 6) is 0.267. The first-order valence-electron chi connectivity index (χ1n) is 9.53. The number of nitriles is 1. The number of nitrogens with zero attached hydrogens (tertiary/aromatic N) is 3. The predicted octanol–water partition coefficient (Wildman–Crippen LogP) is 2.87. The summed E-state index contributed by atoms with van der Waals surface area (Å²) in [5.41, 5.74) is 0.961. The van der Waals surface area contributed by atoms with Crippen molar-refractivity contribution in [3.8, 4) is 6.07 Å². The fourth-order valence-corrected chi connectivity index (χ4v) is 4.05. The van der Waals surface area contributed by atoms with Gasteiger partial charge in [0.2, 0.25) is 11.8 Å². The molecular weight excluding hydrogens is 364 g/mol. The van der Waals surface area contributed by atoms with Crippen LogP contribution in [0.5, 0.6) is 0 Å². The highest BCUT2D eigenvalue weighted by Gasteiger charge is 2.32. The van der Waals surface area contributed by atoms with E-state index in [-0.39, 0.29) is 23.8 Å². The summed E-state index contributed by atoms with van der Waals surface area (Å²) < 4.78 is 0. The minimum absolute atomic E-state index is 0.0898. The molecule has 0 aromatic heterocycles. The minimum Gasteiger partial charge on any atom is -0.342 e. The number of hydrogen-bond donors (Lipinski definition) is 1. The fourth-order valence-electron chi connectivity index (χ4n) is 3.83.